The maximum Gasteiger partial charge on any atom is 0.414 e. The molecule has 0 radical (unpaired) electrons. The number of carbonyl (C=O) groups is 1. The van der Waals surface area contributed by atoms with E-state index in [2.05, 4.69) is 22.6 Å². The minimum absolute atomic E-state index is 0.331. The second-order valence-electron chi connectivity index (χ2n) is 4.65. The van der Waals surface area contributed by atoms with E-state index >= 15 is 0 Å². The minimum Gasteiger partial charge on any atom is -0.449 e. The summed E-state index contributed by atoms with van der Waals surface area (Å²) in [6, 6.07) is 19.8. The molecule has 0 unspecified atom stereocenters. The summed E-state index contributed by atoms with van der Waals surface area (Å²) >= 11 is 2.17. The van der Waals surface area contributed by atoms with Gasteiger partial charge < -0.3 is 4.74 Å². The number of hydrogen-bond donors (Lipinski definition) is 0. The van der Waals surface area contributed by atoms with Gasteiger partial charge in [-0.05, 0) is 46.7 Å². The highest BCUT2D eigenvalue weighted by molar-refractivity contribution is 14.1. The standard InChI is InChI=1S/C18H18INO2/c1-2-22-18(21)20(14-16-11-7-4-8-12-16)17(19)13-15-9-5-3-6-10-15/h3-13H,2,14H2,1H3/b17-13-. The third-order valence-electron chi connectivity index (χ3n) is 3.01. The van der Waals surface area contributed by atoms with Crippen LogP contribution < -0.4 is 0 Å². The highest BCUT2D eigenvalue weighted by Gasteiger charge is 2.18. The molecule has 1 amide bonds. The molecule has 0 aromatic heterocycles. The molecule has 0 saturated carbocycles. The zero-order valence-corrected chi connectivity index (χ0v) is 14.6. The van der Waals surface area contributed by atoms with Gasteiger partial charge in [0.1, 0.15) is 0 Å². The largest absolute Gasteiger partial charge is 0.449 e. The fourth-order valence-electron chi connectivity index (χ4n) is 1.96. The van der Waals surface area contributed by atoms with Crippen LogP contribution in [0.3, 0.4) is 0 Å². The Hall–Kier alpha value is -1.82. The van der Waals surface area contributed by atoms with Gasteiger partial charge in [0.2, 0.25) is 0 Å². The molecule has 0 aliphatic rings. The SMILES string of the molecule is CCOC(=O)N(Cc1ccccc1)/C(I)=C\c1ccccc1. The van der Waals surface area contributed by atoms with Crippen LogP contribution in [-0.4, -0.2) is 17.6 Å². The maximum atomic E-state index is 12.2. The van der Waals surface area contributed by atoms with Crippen LogP contribution in [0, 0.1) is 0 Å². The van der Waals surface area contributed by atoms with Crippen LogP contribution in [0.5, 0.6) is 0 Å². The zero-order valence-electron chi connectivity index (χ0n) is 12.4. The van der Waals surface area contributed by atoms with Gasteiger partial charge in [-0.25, -0.2) is 4.79 Å². The van der Waals surface area contributed by atoms with E-state index in [1.807, 2.05) is 73.7 Å². The molecule has 2 rings (SSSR count). The molecule has 2 aromatic rings. The number of amides is 1. The summed E-state index contributed by atoms with van der Waals surface area (Å²) < 4.78 is 6.00. The van der Waals surface area contributed by atoms with Gasteiger partial charge in [-0.3, -0.25) is 4.90 Å². The van der Waals surface area contributed by atoms with E-state index in [1.54, 1.807) is 4.90 Å². The van der Waals surface area contributed by atoms with Gasteiger partial charge in [0.15, 0.2) is 0 Å². The maximum absolute atomic E-state index is 12.2. The van der Waals surface area contributed by atoms with E-state index < -0.39 is 0 Å². The number of ether oxygens (including phenoxy) is 1. The number of hydrogen-bond acceptors (Lipinski definition) is 2. The lowest BCUT2D eigenvalue weighted by Gasteiger charge is -2.21. The van der Waals surface area contributed by atoms with Crippen LogP contribution in [-0.2, 0) is 11.3 Å². The van der Waals surface area contributed by atoms with Gasteiger partial charge in [0, 0.05) is 0 Å². The number of rotatable bonds is 5. The third-order valence-corrected chi connectivity index (χ3v) is 3.91. The fourth-order valence-corrected chi connectivity index (χ4v) is 2.69. The molecule has 3 nitrogen and oxygen atoms in total. The van der Waals surface area contributed by atoms with Crippen molar-refractivity contribution in [2.75, 3.05) is 6.61 Å². The van der Waals surface area contributed by atoms with E-state index in [-0.39, 0.29) is 6.09 Å². The summed E-state index contributed by atoms with van der Waals surface area (Å²) in [4.78, 5) is 13.9. The number of halogens is 1. The first-order chi connectivity index (χ1) is 10.7. The van der Waals surface area contributed by atoms with Crippen molar-refractivity contribution in [3.63, 3.8) is 0 Å². The molecule has 0 fully saturated rings. The second kappa shape index (κ2) is 8.58. The Balaban J connectivity index is 2.23. The quantitative estimate of drug-likeness (QED) is 0.511. The Morgan fingerprint density at radius 1 is 1.09 bits per heavy atom. The molecule has 22 heavy (non-hydrogen) atoms. The first-order valence-corrected chi connectivity index (χ1v) is 8.19. The Kier molecular flexibility index (Phi) is 6.45. The summed E-state index contributed by atoms with van der Waals surface area (Å²) in [5.74, 6) is 0. The van der Waals surface area contributed by atoms with Crippen molar-refractivity contribution in [2.45, 2.75) is 13.5 Å². The van der Waals surface area contributed by atoms with Gasteiger partial charge in [-0.2, -0.15) is 0 Å². The first kappa shape index (κ1) is 16.5. The lowest BCUT2D eigenvalue weighted by atomic mass is 10.2. The smallest absolute Gasteiger partial charge is 0.414 e. The van der Waals surface area contributed by atoms with Crippen LogP contribution in [0.1, 0.15) is 18.1 Å². The molecule has 0 spiro atoms. The number of nitrogens with zero attached hydrogens (tertiary/aromatic N) is 1. The Bertz CT molecular complexity index is 626. The lowest BCUT2D eigenvalue weighted by molar-refractivity contribution is 0.120. The molecular formula is C18H18INO2. The van der Waals surface area contributed by atoms with E-state index in [4.69, 9.17) is 4.74 Å². The fraction of sp³-hybridized carbons (Fsp3) is 0.167. The van der Waals surface area contributed by atoms with Crippen LogP contribution in [0.4, 0.5) is 4.79 Å². The van der Waals surface area contributed by atoms with E-state index in [0.29, 0.717) is 13.2 Å². The molecule has 0 heterocycles. The monoisotopic (exact) mass is 407 g/mol. The van der Waals surface area contributed by atoms with Crippen molar-refractivity contribution in [1.29, 1.82) is 0 Å². The second-order valence-corrected chi connectivity index (χ2v) is 5.75. The summed E-state index contributed by atoms with van der Waals surface area (Å²) in [5, 5.41) is 0. The van der Waals surface area contributed by atoms with Gasteiger partial charge in [-0.15, -0.1) is 0 Å². The van der Waals surface area contributed by atoms with Crippen molar-refractivity contribution >= 4 is 34.8 Å². The highest BCUT2D eigenvalue weighted by Crippen LogP contribution is 2.21. The Labute approximate surface area is 144 Å². The molecule has 0 aliphatic carbocycles. The predicted molar refractivity (Wildman–Crippen MR) is 97.4 cm³/mol. The molecule has 114 valence electrons. The van der Waals surface area contributed by atoms with Crippen molar-refractivity contribution in [3.05, 3.63) is 75.5 Å². The van der Waals surface area contributed by atoms with Crippen molar-refractivity contribution in [2.24, 2.45) is 0 Å². The Morgan fingerprint density at radius 3 is 2.27 bits per heavy atom. The summed E-state index contributed by atoms with van der Waals surface area (Å²) in [6.07, 6.45) is 1.64. The lowest BCUT2D eigenvalue weighted by Crippen LogP contribution is -2.28. The van der Waals surface area contributed by atoms with Crippen LogP contribution in [0.25, 0.3) is 6.08 Å². The molecule has 0 saturated heterocycles. The topological polar surface area (TPSA) is 29.5 Å². The third kappa shape index (κ3) is 4.87. The molecule has 0 atom stereocenters. The molecular weight excluding hydrogens is 389 g/mol. The molecule has 0 aliphatic heterocycles. The van der Waals surface area contributed by atoms with Gasteiger partial charge >= 0.3 is 6.09 Å². The molecule has 4 heteroatoms. The van der Waals surface area contributed by atoms with Crippen LogP contribution in [0.15, 0.2) is 64.4 Å². The highest BCUT2D eigenvalue weighted by atomic mass is 127. The molecule has 0 N–H and O–H groups in total. The van der Waals surface area contributed by atoms with E-state index in [9.17, 15) is 4.79 Å². The normalized spacial score (nSPS) is 11.1. The average Bonchev–Trinajstić information content (AvgIpc) is 2.54. The summed E-state index contributed by atoms with van der Waals surface area (Å²) in [7, 11) is 0. The number of benzene rings is 2. The zero-order chi connectivity index (χ0) is 15.8. The minimum atomic E-state index is -0.331. The summed E-state index contributed by atoms with van der Waals surface area (Å²) in [5.41, 5.74) is 2.11. The van der Waals surface area contributed by atoms with Crippen molar-refractivity contribution in [3.8, 4) is 0 Å². The Morgan fingerprint density at radius 2 is 1.68 bits per heavy atom. The van der Waals surface area contributed by atoms with Gasteiger partial charge in [-0.1, -0.05) is 60.7 Å². The van der Waals surface area contributed by atoms with E-state index in [1.165, 1.54) is 0 Å². The predicted octanol–water partition coefficient (Wildman–Crippen LogP) is 5.08. The van der Waals surface area contributed by atoms with Crippen LogP contribution >= 0.6 is 22.6 Å². The van der Waals surface area contributed by atoms with Crippen LogP contribution in [0.2, 0.25) is 0 Å². The number of carbonyl (C=O) groups excluding carboxylic acids is 1. The van der Waals surface area contributed by atoms with Gasteiger partial charge in [0.05, 0.1) is 16.9 Å². The van der Waals surface area contributed by atoms with Gasteiger partial charge in [0.25, 0.3) is 0 Å². The van der Waals surface area contributed by atoms with E-state index in [0.717, 1.165) is 14.8 Å². The van der Waals surface area contributed by atoms with Crippen molar-refractivity contribution < 1.29 is 9.53 Å². The molecule has 2 aromatic carbocycles. The van der Waals surface area contributed by atoms with Crippen molar-refractivity contribution in [1.82, 2.24) is 4.90 Å². The first-order valence-electron chi connectivity index (χ1n) is 7.11. The molecule has 0 bridgehead atoms. The summed E-state index contributed by atoms with van der Waals surface area (Å²) in [6.45, 7) is 2.66. The average molecular weight is 407 g/mol.